The maximum absolute atomic E-state index is 8.93. The van der Waals surface area contributed by atoms with E-state index in [1.54, 1.807) is 21.3 Å². The molecule has 0 aliphatic heterocycles. The standard InChI is InChI=1S/C13H15Cl2N5S/c1-3-18(6-9(2)5-16)8-20-13(21)19-7-10(14)4-11(15)12(19)17-20/h4,7,9H,3,6,8H2,1-2H3/t9-/m0/s1. The summed E-state index contributed by atoms with van der Waals surface area (Å²) in [6, 6.07) is 3.87. The van der Waals surface area contributed by atoms with Gasteiger partial charge in [-0.15, -0.1) is 5.10 Å². The zero-order chi connectivity index (χ0) is 15.6. The van der Waals surface area contributed by atoms with E-state index in [0.717, 1.165) is 6.54 Å². The third-order valence-electron chi connectivity index (χ3n) is 3.13. The molecule has 0 spiro atoms. The first-order chi connectivity index (χ1) is 9.96. The molecule has 2 aromatic rings. The molecule has 0 radical (unpaired) electrons. The number of aromatic nitrogens is 3. The molecule has 0 bridgehead atoms. The van der Waals surface area contributed by atoms with Crippen molar-refractivity contribution in [1.82, 2.24) is 19.1 Å². The van der Waals surface area contributed by atoms with Crippen molar-refractivity contribution in [3.05, 3.63) is 27.1 Å². The van der Waals surface area contributed by atoms with Gasteiger partial charge in [0.1, 0.15) is 0 Å². The molecule has 0 fully saturated rings. The van der Waals surface area contributed by atoms with Crippen molar-refractivity contribution >= 4 is 41.1 Å². The van der Waals surface area contributed by atoms with Gasteiger partial charge in [-0.05, 0) is 31.8 Å². The molecular weight excluding hydrogens is 329 g/mol. The fourth-order valence-corrected chi connectivity index (χ4v) is 2.79. The zero-order valence-electron chi connectivity index (χ0n) is 11.8. The monoisotopic (exact) mass is 343 g/mol. The first kappa shape index (κ1) is 16.2. The molecule has 0 N–H and O–H groups in total. The maximum Gasteiger partial charge on any atom is 0.203 e. The zero-order valence-corrected chi connectivity index (χ0v) is 14.1. The van der Waals surface area contributed by atoms with Crippen LogP contribution in [0.5, 0.6) is 0 Å². The van der Waals surface area contributed by atoms with E-state index in [1.807, 2.05) is 13.8 Å². The van der Waals surface area contributed by atoms with Gasteiger partial charge < -0.3 is 0 Å². The van der Waals surface area contributed by atoms with E-state index in [4.69, 9.17) is 40.7 Å². The lowest BCUT2D eigenvalue weighted by molar-refractivity contribution is 0.202. The van der Waals surface area contributed by atoms with E-state index in [9.17, 15) is 0 Å². The van der Waals surface area contributed by atoms with Crippen molar-refractivity contribution in [2.45, 2.75) is 20.5 Å². The second kappa shape index (κ2) is 6.75. The van der Waals surface area contributed by atoms with E-state index in [2.05, 4.69) is 16.1 Å². The molecule has 1 atom stereocenters. The van der Waals surface area contributed by atoms with E-state index in [-0.39, 0.29) is 5.92 Å². The lowest BCUT2D eigenvalue weighted by atomic mass is 10.2. The largest absolute Gasteiger partial charge is 0.283 e. The Labute approximate surface area is 138 Å². The summed E-state index contributed by atoms with van der Waals surface area (Å²) >= 11 is 17.5. The molecule has 0 aromatic carbocycles. The Balaban J connectivity index is 2.35. The summed E-state index contributed by atoms with van der Waals surface area (Å²) in [6.07, 6.45) is 1.70. The van der Waals surface area contributed by atoms with E-state index in [0.29, 0.717) is 33.7 Å². The Bertz CT molecular complexity index is 745. The minimum absolute atomic E-state index is 0.0471. The van der Waals surface area contributed by atoms with Gasteiger partial charge in [-0.1, -0.05) is 30.1 Å². The molecule has 2 rings (SSSR count). The number of hydrogen-bond acceptors (Lipinski definition) is 4. The van der Waals surface area contributed by atoms with Gasteiger partial charge in [-0.25, -0.2) is 4.68 Å². The fraction of sp³-hybridized carbons (Fsp3) is 0.462. The predicted molar refractivity (Wildman–Crippen MR) is 86.1 cm³/mol. The van der Waals surface area contributed by atoms with Crippen molar-refractivity contribution in [3.63, 3.8) is 0 Å². The second-order valence-corrected chi connectivity index (χ2v) is 6.03. The van der Waals surface area contributed by atoms with Crippen LogP contribution in [0.15, 0.2) is 12.3 Å². The number of nitriles is 1. The summed E-state index contributed by atoms with van der Waals surface area (Å²) in [5.41, 5.74) is 0.579. The molecule has 0 saturated heterocycles. The van der Waals surface area contributed by atoms with Gasteiger partial charge in [0.2, 0.25) is 4.77 Å². The van der Waals surface area contributed by atoms with Crippen molar-refractivity contribution in [2.24, 2.45) is 5.92 Å². The summed E-state index contributed by atoms with van der Waals surface area (Å²) in [5, 5.41) is 14.3. The van der Waals surface area contributed by atoms with Crippen molar-refractivity contribution in [2.75, 3.05) is 13.1 Å². The Morgan fingerprint density at radius 3 is 2.86 bits per heavy atom. The van der Waals surface area contributed by atoms with Gasteiger partial charge >= 0.3 is 0 Å². The van der Waals surface area contributed by atoms with Crippen LogP contribution in [-0.4, -0.2) is 32.2 Å². The van der Waals surface area contributed by atoms with Crippen LogP contribution in [0.1, 0.15) is 13.8 Å². The Morgan fingerprint density at radius 1 is 1.52 bits per heavy atom. The second-order valence-electron chi connectivity index (χ2n) is 4.82. The number of fused-ring (bicyclic) bond motifs is 1. The average Bonchev–Trinajstić information content (AvgIpc) is 2.75. The van der Waals surface area contributed by atoms with Crippen molar-refractivity contribution in [3.8, 4) is 6.07 Å². The smallest absolute Gasteiger partial charge is 0.203 e. The third-order valence-corrected chi connectivity index (χ3v) is 4.03. The molecule has 0 amide bonds. The molecule has 21 heavy (non-hydrogen) atoms. The maximum atomic E-state index is 8.93. The molecule has 0 aliphatic carbocycles. The van der Waals surface area contributed by atoms with Crippen molar-refractivity contribution < 1.29 is 0 Å². The summed E-state index contributed by atoms with van der Waals surface area (Å²) in [4.78, 5) is 2.10. The lowest BCUT2D eigenvalue weighted by Crippen LogP contribution is -2.30. The fourth-order valence-electron chi connectivity index (χ4n) is 2.04. The Morgan fingerprint density at radius 2 is 2.24 bits per heavy atom. The number of pyridine rings is 1. The summed E-state index contributed by atoms with van der Waals surface area (Å²) in [6.45, 7) is 5.90. The quantitative estimate of drug-likeness (QED) is 0.778. The minimum Gasteiger partial charge on any atom is -0.283 e. The van der Waals surface area contributed by atoms with Crippen LogP contribution in [0, 0.1) is 22.0 Å². The van der Waals surface area contributed by atoms with Crippen LogP contribution < -0.4 is 0 Å². The first-order valence-electron chi connectivity index (χ1n) is 6.52. The Hall–Kier alpha value is -1.13. The predicted octanol–water partition coefficient (Wildman–Crippen LogP) is 3.61. The van der Waals surface area contributed by atoms with Gasteiger partial charge in [-0.3, -0.25) is 9.30 Å². The average molecular weight is 344 g/mol. The first-order valence-corrected chi connectivity index (χ1v) is 7.68. The molecule has 0 aliphatic rings. The van der Waals surface area contributed by atoms with Crippen LogP contribution in [0.3, 0.4) is 0 Å². The number of rotatable bonds is 5. The Kier molecular flexibility index (Phi) is 5.22. The van der Waals surface area contributed by atoms with Gasteiger partial charge in [0.25, 0.3) is 0 Å². The minimum atomic E-state index is -0.0471. The van der Waals surface area contributed by atoms with Crippen LogP contribution in [0.25, 0.3) is 5.65 Å². The molecule has 5 nitrogen and oxygen atoms in total. The highest BCUT2D eigenvalue weighted by molar-refractivity contribution is 7.71. The highest BCUT2D eigenvalue weighted by Crippen LogP contribution is 2.21. The topological polar surface area (TPSA) is 49.3 Å². The molecule has 0 saturated carbocycles. The molecular formula is C13H15Cl2N5S. The van der Waals surface area contributed by atoms with Gasteiger partial charge in [0, 0.05) is 12.7 Å². The van der Waals surface area contributed by atoms with E-state index in [1.165, 1.54) is 0 Å². The summed E-state index contributed by atoms with van der Waals surface area (Å²) < 4.78 is 3.92. The van der Waals surface area contributed by atoms with Gasteiger partial charge in [0.05, 0.1) is 28.7 Å². The molecule has 2 heterocycles. The third kappa shape index (κ3) is 3.55. The normalized spacial score (nSPS) is 12.8. The molecule has 8 heteroatoms. The SMILES string of the molecule is CCN(C[C@@H](C)C#N)Cn1nc2c(Cl)cc(Cl)cn2c1=S. The van der Waals surface area contributed by atoms with Crippen LogP contribution in [0.2, 0.25) is 10.0 Å². The van der Waals surface area contributed by atoms with Gasteiger partial charge in [-0.2, -0.15) is 5.26 Å². The van der Waals surface area contributed by atoms with Crippen LogP contribution in [-0.2, 0) is 6.67 Å². The summed E-state index contributed by atoms with van der Waals surface area (Å²) in [5.74, 6) is -0.0471. The van der Waals surface area contributed by atoms with E-state index < -0.39 is 0 Å². The van der Waals surface area contributed by atoms with Crippen LogP contribution >= 0.6 is 35.4 Å². The lowest BCUT2D eigenvalue weighted by Gasteiger charge is -2.20. The van der Waals surface area contributed by atoms with Crippen molar-refractivity contribution in [1.29, 1.82) is 5.26 Å². The van der Waals surface area contributed by atoms with Crippen LogP contribution in [0.4, 0.5) is 0 Å². The molecule has 112 valence electrons. The molecule has 2 aromatic heterocycles. The highest BCUT2D eigenvalue weighted by atomic mass is 35.5. The number of halogens is 2. The summed E-state index contributed by atoms with van der Waals surface area (Å²) in [7, 11) is 0. The molecule has 0 unspecified atom stereocenters. The number of hydrogen-bond donors (Lipinski definition) is 0. The van der Waals surface area contributed by atoms with E-state index >= 15 is 0 Å². The van der Waals surface area contributed by atoms with Gasteiger partial charge in [0.15, 0.2) is 5.65 Å². The number of nitrogens with zero attached hydrogens (tertiary/aromatic N) is 5. The highest BCUT2D eigenvalue weighted by Gasteiger charge is 2.13.